The van der Waals surface area contributed by atoms with Crippen LogP contribution in [-0.2, 0) is 0 Å². The Balaban J connectivity index is 1.91. The molecule has 1 aliphatic rings. The fourth-order valence-electron chi connectivity index (χ4n) is 2.01. The van der Waals surface area contributed by atoms with Crippen LogP contribution in [0.3, 0.4) is 0 Å². The third-order valence-corrected chi connectivity index (χ3v) is 2.86. The van der Waals surface area contributed by atoms with Crippen LogP contribution >= 0.6 is 0 Å². The van der Waals surface area contributed by atoms with Crippen LogP contribution in [0, 0.1) is 5.82 Å². The molecule has 1 aromatic rings. The van der Waals surface area contributed by atoms with E-state index in [2.05, 4.69) is 0 Å². The molecule has 1 unspecified atom stereocenters. The third-order valence-electron chi connectivity index (χ3n) is 2.86. The van der Waals surface area contributed by atoms with Crippen molar-refractivity contribution in [2.45, 2.75) is 18.9 Å². The van der Waals surface area contributed by atoms with Crippen molar-refractivity contribution in [1.82, 2.24) is 4.90 Å². The number of carboxylic acid groups (broad SMARTS) is 1. The van der Waals surface area contributed by atoms with E-state index in [9.17, 15) is 9.18 Å². The van der Waals surface area contributed by atoms with E-state index in [1.54, 1.807) is 12.1 Å². The van der Waals surface area contributed by atoms with Crippen molar-refractivity contribution >= 4 is 6.09 Å². The van der Waals surface area contributed by atoms with Crippen LogP contribution in [0.25, 0.3) is 0 Å². The van der Waals surface area contributed by atoms with Gasteiger partial charge >= 0.3 is 6.09 Å². The first-order chi connectivity index (χ1) is 8.16. The molecular weight excluding hydrogens is 225 g/mol. The van der Waals surface area contributed by atoms with Crippen molar-refractivity contribution in [3.63, 3.8) is 0 Å². The second-order valence-corrected chi connectivity index (χ2v) is 4.04. The molecule has 1 N–H and O–H groups in total. The zero-order chi connectivity index (χ0) is 12.3. The van der Waals surface area contributed by atoms with Gasteiger partial charge in [0.1, 0.15) is 18.2 Å². The van der Waals surface area contributed by atoms with Crippen LogP contribution in [0.1, 0.15) is 12.8 Å². The summed E-state index contributed by atoms with van der Waals surface area (Å²) in [6.07, 6.45) is 0.723. The highest BCUT2D eigenvalue weighted by molar-refractivity contribution is 5.65. The summed E-state index contributed by atoms with van der Waals surface area (Å²) in [6, 6.07) is 5.72. The number of rotatable bonds is 3. The lowest BCUT2D eigenvalue weighted by atomic mass is 10.2. The molecule has 5 heteroatoms. The summed E-state index contributed by atoms with van der Waals surface area (Å²) in [6.45, 7) is 0.822. The van der Waals surface area contributed by atoms with Gasteiger partial charge in [-0.05, 0) is 25.0 Å². The first-order valence-electron chi connectivity index (χ1n) is 5.55. The molecule has 0 saturated carbocycles. The first kappa shape index (κ1) is 11.7. The second kappa shape index (κ2) is 5.03. The number of ether oxygens (including phenoxy) is 1. The van der Waals surface area contributed by atoms with E-state index in [4.69, 9.17) is 9.84 Å². The average molecular weight is 239 g/mol. The number of nitrogens with zero attached hydrogens (tertiary/aromatic N) is 1. The highest BCUT2D eigenvalue weighted by Crippen LogP contribution is 2.19. The van der Waals surface area contributed by atoms with Crippen molar-refractivity contribution in [2.75, 3.05) is 13.2 Å². The summed E-state index contributed by atoms with van der Waals surface area (Å²) in [5.74, 6) is 0.0752. The Morgan fingerprint density at radius 3 is 3.12 bits per heavy atom. The molecule has 0 aromatic heterocycles. The molecule has 1 aliphatic heterocycles. The van der Waals surface area contributed by atoms with Crippen LogP contribution in [-0.4, -0.2) is 35.3 Å². The monoisotopic (exact) mass is 239 g/mol. The Labute approximate surface area is 98.6 Å². The lowest BCUT2D eigenvalue weighted by molar-refractivity contribution is 0.123. The van der Waals surface area contributed by atoms with E-state index in [1.807, 2.05) is 0 Å². The molecule has 0 spiro atoms. The molecule has 1 atom stereocenters. The quantitative estimate of drug-likeness (QED) is 0.880. The predicted molar refractivity (Wildman–Crippen MR) is 59.6 cm³/mol. The predicted octanol–water partition coefficient (Wildman–Crippen LogP) is 2.35. The molecule has 1 amide bonds. The molecule has 4 nitrogen and oxygen atoms in total. The molecule has 0 aliphatic carbocycles. The van der Waals surface area contributed by atoms with Crippen molar-refractivity contribution in [1.29, 1.82) is 0 Å². The topological polar surface area (TPSA) is 49.8 Å². The van der Waals surface area contributed by atoms with Crippen LogP contribution in [0.15, 0.2) is 24.3 Å². The number of halogens is 1. The maximum absolute atomic E-state index is 12.9. The van der Waals surface area contributed by atoms with Gasteiger partial charge in [0, 0.05) is 12.6 Å². The van der Waals surface area contributed by atoms with E-state index < -0.39 is 6.09 Å². The van der Waals surface area contributed by atoms with Gasteiger partial charge in [-0.2, -0.15) is 0 Å². The summed E-state index contributed by atoms with van der Waals surface area (Å²) in [7, 11) is 0. The maximum atomic E-state index is 12.9. The van der Waals surface area contributed by atoms with E-state index in [0.29, 0.717) is 12.3 Å². The Bertz CT molecular complexity index is 410. The van der Waals surface area contributed by atoms with Crippen LogP contribution in [0.4, 0.5) is 9.18 Å². The molecule has 1 fully saturated rings. The van der Waals surface area contributed by atoms with Gasteiger partial charge in [-0.1, -0.05) is 6.07 Å². The second-order valence-electron chi connectivity index (χ2n) is 4.04. The molecule has 0 bridgehead atoms. The number of benzene rings is 1. The molecule has 92 valence electrons. The SMILES string of the molecule is O=C(O)N1CCCC1COc1cccc(F)c1. The summed E-state index contributed by atoms with van der Waals surface area (Å²) in [5, 5.41) is 8.94. The standard InChI is InChI=1S/C12H14FNO3/c13-9-3-1-5-11(7-9)17-8-10-4-2-6-14(10)12(15)16/h1,3,5,7,10H,2,4,6,8H2,(H,15,16). The van der Waals surface area contributed by atoms with E-state index in [0.717, 1.165) is 12.8 Å². The lowest BCUT2D eigenvalue weighted by Gasteiger charge is -2.21. The van der Waals surface area contributed by atoms with Crippen molar-refractivity contribution in [3.8, 4) is 5.75 Å². The van der Waals surface area contributed by atoms with Gasteiger partial charge in [-0.3, -0.25) is 0 Å². The minimum Gasteiger partial charge on any atom is -0.491 e. The smallest absolute Gasteiger partial charge is 0.407 e. The fraction of sp³-hybridized carbons (Fsp3) is 0.417. The van der Waals surface area contributed by atoms with Gasteiger partial charge in [-0.25, -0.2) is 9.18 Å². The number of hydrogen-bond donors (Lipinski definition) is 1. The number of amides is 1. The normalized spacial score (nSPS) is 19.4. The average Bonchev–Trinajstić information content (AvgIpc) is 2.74. The highest BCUT2D eigenvalue weighted by atomic mass is 19.1. The number of likely N-dealkylation sites (tertiary alicyclic amines) is 1. The Morgan fingerprint density at radius 2 is 2.41 bits per heavy atom. The van der Waals surface area contributed by atoms with Gasteiger partial charge in [0.15, 0.2) is 0 Å². The van der Waals surface area contributed by atoms with E-state index in [-0.39, 0.29) is 18.5 Å². The van der Waals surface area contributed by atoms with Gasteiger partial charge in [0.2, 0.25) is 0 Å². The van der Waals surface area contributed by atoms with Gasteiger partial charge in [0.25, 0.3) is 0 Å². The molecule has 1 saturated heterocycles. The zero-order valence-corrected chi connectivity index (χ0v) is 9.30. The molecule has 1 aromatic carbocycles. The summed E-state index contributed by atoms with van der Waals surface area (Å²) in [4.78, 5) is 12.3. The summed E-state index contributed by atoms with van der Waals surface area (Å²) >= 11 is 0. The Morgan fingerprint density at radius 1 is 1.59 bits per heavy atom. The van der Waals surface area contributed by atoms with Crippen LogP contribution in [0.5, 0.6) is 5.75 Å². The van der Waals surface area contributed by atoms with Gasteiger partial charge in [0.05, 0.1) is 6.04 Å². The lowest BCUT2D eigenvalue weighted by Crippen LogP contribution is -2.37. The summed E-state index contributed by atoms with van der Waals surface area (Å²) < 4.78 is 18.3. The highest BCUT2D eigenvalue weighted by Gasteiger charge is 2.28. The van der Waals surface area contributed by atoms with Crippen molar-refractivity contribution < 1.29 is 19.0 Å². The van der Waals surface area contributed by atoms with Crippen molar-refractivity contribution in [2.24, 2.45) is 0 Å². The van der Waals surface area contributed by atoms with Crippen molar-refractivity contribution in [3.05, 3.63) is 30.1 Å². The molecule has 2 rings (SSSR count). The minimum atomic E-state index is -0.921. The molecule has 1 heterocycles. The van der Waals surface area contributed by atoms with E-state index >= 15 is 0 Å². The number of hydrogen-bond acceptors (Lipinski definition) is 2. The molecule has 0 radical (unpaired) electrons. The zero-order valence-electron chi connectivity index (χ0n) is 9.30. The third kappa shape index (κ3) is 2.87. The largest absolute Gasteiger partial charge is 0.491 e. The molecule has 17 heavy (non-hydrogen) atoms. The van der Waals surface area contributed by atoms with Gasteiger partial charge in [-0.15, -0.1) is 0 Å². The first-order valence-corrected chi connectivity index (χ1v) is 5.55. The maximum Gasteiger partial charge on any atom is 0.407 e. The van der Waals surface area contributed by atoms with Crippen LogP contribution < -0.4 is 4.74 Å². The number of carbonyl (C=O) groups is 1. The van der Waals surface area contributed by atoms with E-state index in [1.165, 1.54) is 17.0 Å². The summed E-state index contributed by atoms with van der Waals surface area (Å²) in [5.41, 5.74) is 0. The Kier molecular flexibility index (Phi) is 3.46. The van der Waals surface area contributed by atoms with Gasteiger partial charge < -0.3 is 14.7 Å². The fourth-order valence-corrected chi connectivity index (χ4v) is 2.01. The molecular formula is C12H14FNO3. The minimum absolute atomic E-state index is 0.129. The Hall–Kier alpha value is -1.78. The van der Waals surface area contributed by atoms with Crippen LogP contribution in [0.2, 0.25) is 0 Å².